The molecule has 1 aromatic carbocycles. The van der Waals surface area contributed by atoms with Crippen molar-refractivity contribution in [3.63, 3.8) is 0 Å². The second kappa shape index (κ2) is 6.80. The van der Waals surface area contributed by atoms with E-state index in [4.69, 9.17) is 9.47 Å². The topological polar surface area (TPSA) is 35.5 Å². The molecule has 0 N–H and O–H groups in total. The summed E-state index contributed by atoms with van der Waals surface area (Å²) in [6.07, 6.45) is 1.71. The van der Waals surface area contributed by atoms with E-state index in [1.54, 1.807) is 6.08 Å². The second-order valence-corrected chi connectivity index (χ2v) is 3.27. The van der Waals surface area contributed by atoms with Gasteiger partial charge in [0.15, 0.2) is 6.10 Å². The summed E-state index contributed by atoms with van der Waals surface area (Å²) >= 11 is 0. The number of hydrogen-bond donors (Lipinski definition) is 0. The van der Waals surface area contributed by atoms with E-state index in [-0.39, 0.29) is 5.97 Å². The van der Waals surface area contributed by atoms with Crippen LogP contribution in [-0.4, -0.2) is 19.7 Å². The smallest absolute Gasteiger partial charge is 0.339 e. The molecule has 1 rings (SSSR count). The van der Waals surface area contributed by atoms with Crippen molar-refractivity contribution in [2.45, 2.75) is 12.5 Å². The highest BCUT2D eigenvalue weighted by atomic mass is 16.6. The highest BCUT2D eigenvalue weighted by Gasteiger charge is 2.20. The van der Waals surface area contributed by atoms with E-state index in [0.717, 1.165) is 5.56 Å². The van der Waals surface area contributed by atoms with Crippen molar-refractivity contribution in [2.75, 3.05) is 13.7 Å². The number of carbonyl (C=O) groups is 1. The summed E-state index contributed by atoms with van der Waals surface area (Å²) in [5, 5.41) is 0. The zero-order chi connectivity index (χ0) is 11.8. The van der Waals surface area contributed by atoms with Gasteiger partial charge in [-0.2, -0.15) is 0 Å². The molecule has 0 bridgehead atoms. The van der Waals surface area contributed by atoms with E-state index < -0.39 is 6.10 Å². The van der Waals surface area contributed by atoms with Gasteiger partial charge >= 0.3 is 5.97 Å². The predicted octanol–water partition coefficient (Wildman–Crippen LogP) is 2.49. The minimum absolute atomic E-state index is 0.342. The average Bonchev–Trinajstić information content (AvgIpc) is 2.32. The van der Waals surface area contributed by atoms with Gasteiger partial charge in [0, 0.05) is 7.11 Å². The summed E-state index contributed by atoms with van der Waals surface area (Å²) in [5.41, 5.74) is 0.800. The molecule has 0 unspecified atom stereocenters. The fourth-order valence-corrected chi connectivity index (χ4v) is 1.31. The van der Waals surface area contributed by atoms with Gasteiger partial charge < -0.3 is 9.47 Å². The molecule has 0 aliphatic rings. The van der Waals surface area contributed by atoms with Crippen molar-refractivity contribution in [1.29, 1.82) is 0 Å². The fourth-order valence-electron chi connectivity index (χ4n) is 1.31. The van der Waals surface area contributed by atoms with Gasteiger partial charge in [0.05, 0.1) is 6.61 Å². The third-order valence-corrected chi connectivity index (χ3v) is 2.12. The van der Waals surface area contributed by atoms with Crippen LogP contribution in [0.3, 0.4) is 0 Å². The normalized spacial score (nSPS) is 11.8. The maximum atomic E-state index is 11.7. The summed E-state index contributed by atoms with van der Waals surface area (Å²) in [6.45, 7) is 3.90. The Morgan fingerprint density at radius 2 is 2.12 bits per heavy atom. The summed E-state index contributed by atoms with van der Waals surface area (Å²) in [6, 6.07) is 9.28. The van der Waals surface area contributed by atoms with Crippen LogP contribution in [0.5, 0.6) is 0 Å². The first-order valence-electron chi connectivity index (χ1n) is 5.15. The lowest BCUT2D eigenvalue weighted by Gasteiger charge is -2.14. The Morgan fingerprint density at radius 1 is 1.44 bits per heavy atom. The molecule has 0 radical (unpaired) electrons. The molecule has 0 saturated carbocycles. The van der Waals surface area contributed by atoms with E-state index in [1.807, 2.05) is 30.3 Å². The third kappa shape index (κ3) is 3.51. The molecule has 16 heavy (non-hydrogen) atoms. The van der Waals surface area contributed by atoms with E-state index in [2.05, 4.69) is 6.58 Å². The SMILES string of the molecule is C=CCCOC(=O)[C@H](OC)c1ccccc1. The first-order valence-corrected chi connectivity index (χ1v) is 5.15. The van der Waals surface area contributed by atoms with Gasteiger partial charge in [-0.15, -0.1) is 6.58 Å². The maximum Gasteiger partial charge on any atom is 0.339 e. The summed E-state index contributed by atoms with van der Waals surface area (Å²) < 4.78 is 10.2. The van der Waals surface area contributed by atoms with Crippen molar-refractivity contribution >= 4 is 5.97 Å². The Bertz CT molecular complexity index is 332. The molecule has 3 heteroatoms. The first-order chi connectivity index (χ1) is 7.79. The fraction of sp³-hybridized carbons (Fsp3) is 0.308. The summed E-state index contributed by atoms with van der Waals surface area (Å²) in [4.78, 5) is 11.7. The number of ether oxygens (including phenoxy) is 2. The van der Waals surface area contributed by atoms with E-state index >= 15 is 0 Å². The van der Waals surface area contributed by atoms with Gasteiger partial charge in [-0.25, -0.2) is 4.79 Å². The monoisotopic (exact) mass is 220 g/mol. The summed E-state index contributed by atoms with van der Waals surface area (Å²) in [5.74, 6) is -0.365. The number of benzene rings is 1. The van der Waals surface area contributed by atoms with Gasteiger partial charge in [-0.1, -0.05) is 36.4 Å². The highest BCUT2D eigenvalue weighted by molar-refractivity contribution is 5.76. The van der Waals surface area contributed by atoms with E-state index in [1.165, 1.54) is 7.11 Å². The van der Waals surface area contributed by atoms with Crippen LogP contribution in [0.4, 0.5) is 0 Å². The Labute approximate surface area is 95.7 Å². The van der Waals surface area contributed by atoms with Crippen molar-refractivity contribution in [1.82, 2.24) is 0 Å². The average molecular weight is 220 g/mol. The molecule has 0 spiro atoms. The molecule has 0 heterocycles. The third-order valence-electron chi connectivity index (χ3n) is 2.12. The minimum Gasteiger partial charge on any atom is -0.463 e. The Morgan fingerprint density at radius 3 is 2.69 bits per heavy atom. The van der Waals surface area contributed by atoms with Gasteiger partial charge in [0.2, 0.25) is 0 Å². The molecule has 0 aliphatic heterocycles. The number of hydrogen-bond acceptors (Lipinski definition) is 3. The van der Waals surface area contributed by atoms with Crippen molar-refractivity contribution in [3.05, 3.63) is 48.6 Å². The molecule has 1 atom stereocenters. The molecule has 0 saturated heterocycles. The molecular formula is C13H16O3. The van der Waals surface area contributed by atoms with E-state index in [0.29, 0.717) is 13.0 Å². The van der Waals surface area contributed by atoms with Crippen LogP contribution in [0, 0.1) is 0 Å². The van der Waals surface area contributed by atoms with Crippen LogP contribution in [0.25, 0.3) is 0 Å². The lowest BCUT2D eigenvalue weighted by Crippen LogP contribution is -2.18. The Kier molecular flexibility index (Phi) is 5.29. The molecule has 1 aromatic rings. The Hall–Kier alpha value is -1.61. The molecular weight excluding hydrogens is 204 g/mol. The van der Waals surface area contributed by atoms with Crippen LogP contribution in [0.15, 0.2) is 43.0 Å². The lowest BCUT2D eigenvalue weighted by molar-refractivity contribution is -0.155. The van der Waals surface area contributed by atoms with Crippen molar-refractivity contribution < 1.29 is 14.3 Å². The van der Waals surface area contributed by atoms with Crippen LogP contribution in [0.1, 0.15) is 18.1 Å². The zero-order valence-corrected chi connectivity index (χ0v) is 9.39. The van der Waals surface area contributed by atoms with Crippen molar-refractivity contribution in [2.24, 2.45) is 0 Å². The maximum absolute atomic E-state index is 11.7. The zero-order valence-electron chi connectivity index (χ0n) is 9.39. The highest BCUT2D eigenvalue weighted by Crippen LogP contribution is 2.17. The Balaban J connectivity index is 2.60. The van der Waals surface area contributed by atoms with Crippen LogP contribution in [-0.2, 0) is 14.3 Å². The molecule has 0 aliphatic carbocycles. The lowest BCUT2D eigenvalue weighted by atomic mass is 10.1. The molecule has 0 fully saturated rings. The van der Waals surface area contributed by atoms with Crippen LogP contribution >= 0.6 is 0 Å². The molecule has 0 aromatic heterocycles. The van der Waals surface area contributed by atoms with Gasteiger partial charge in [-0.3, -0.25) is 0 Å². The van der Waals surface area contributed by atoms with Gasteiger partial charge in [0.25, 0.3) is 0 Å². The molecule has 3 nitrogen and oxygen atoms in total. The van der Waals surface area contributed by atoms with Crippen LogP contribution in [0.2, 0.25) is 0 Å². The molecule has 0 amide bonds. The number of esters is 1. The summed E-state index contributed by atoms with van der Waals surface area (Å²) in [7, 11) is 1.49. The molecule has 86 valence electrons. The van der Waals surface area contributed by atoms with Gasteiger partial charge in [-0.05, 0) is 12.0 Å². The van der Waals surface area contributed by atoms with Crippen molar-refractivity contribution in [3.8, 4) is 0 Å². The van der Waals surface area contributed by atoms with E-state index in [9.17, 15) is 4.79 Å². The predicted molar refractivity (Wildman–Crippen MR) is 62.0 cm³/mol. The standard InChI is InChI=1S/C13H16O3/c1-3-4-10-16-13(14)12(15-2)11-8-6-5-7-9-11/h3,5-9,12H,1,4,10H2,2H3/t12-/m1/s1. The number of methoxy groups -OCH3 is 1. The largest absolute Gasteiger partial charge is 0.463 e. The second-order valence-electron chi connectivity index (χ2n) is 3.27. The van der Waals surface area contributed by atoms with Gasteiger partial charge in [0.1, 0.15) is 0 Å². The first kappa shape index (κ1) is 12.5. The number of carbonyl (C=O) groups excluding carboxylic acids is 1. The quantitative estimate of drug-likeness (QED) is 0.420. The van der Waals surface area contributed by atoms with Crippen LogP contribution < -0.4 is 0 Å². The minimum atomic E-state index is -0.647. The number of rotatable bonds is 6.